The molecule has 0 aliphatic carbocycles. The van der Waals surface area contributed by atoms with Crippen LogP contribution in [0, 0.1) is 0 Å². The van der Waals surface area contributed by atoms with Crippen LogP contribution in [0.25, 0.3) is 11.5 Å². The highest BCUT2D eigenvalue weighted by molar-refractivity contribution is 7.98. The molecule has 0 bridgehead atoms. The van der Waals surface area contributed by atoms with Gasteiger partial charge < -0.3 is 18.3 Å². The maximum Gasteiger partial charge on any atom is 0.373 e. The number of hydrogen-bond donors (Lipinski definition) is 0. The average Bonchev–Trinajstić information content (AvgIpc) is 3.28. The third kappa shape index (κ3) is 3.43. The Kier molecular flexibility index (Phi) is 4.85. The molecule has 3 aromatic rings. The number of nitrogens with zero attached hydrogens (tertiary/aromatic N) is 2. The van der Waals surface area contributed by atoms with Gasteiger partial charge in [0, 0.05) is 0 Å². The number of benzene rings is 1. The number of esters is 1. The van der Waals surface area contributed by atoms with Crippen LogP contribution in [0.3, 0.4) is 0 Å². The van der Waals surface area contributed by atoms with Crippen LogP contribution < -0.4 is 4.74 Å². The molecule has 0 N–H and O–H groups in total. The summed E-state index contributed by atoms with van der Waals surface area (Å²) < 4.78 is 20.9. The van der Waals surface area contributed by atoms with E-state index in [2.05, 4.69) is 14.9 Å². The monoisotopic (exact) mass is 346 g/mol. The number of rotatable bonds is 6. The van der Waals surface area contributed by atoms with Crippen molar-refractivity contribution in [3.05, 3.63) is 47.9 Å². The van der Waals surface area contributed by atoms with E-state index in [0.717, 1.165) is 5.56 Å². The van der Waals surface area contributed by atoms with E-state index in [4.69, 9.17) is 13.6 Å². The van der Waals surface area contributed by atoms with Crippen LogP contribution in [0.5, 0.6) is 5.75 Å². The standard InChI is InChI=1S/C16H14N2O5S/c1-20-12-6-4-3-5-11(12)14-17-18-16(23-14)24-9-10-7-8-13(22-10)15(19)21-2/h3-8H,9H2,1-2H3. The first-order chi connectivity index (χ1) is 11.7. The molecule has 7 nitrogen and oxygen atoms in total. The highest BCUT2D eigenvalue weighted by Crippen LogP contribution is 2.31. The molecule has 0 aliphatic rings. The largest absolute Gasteiger partial charge is 0.496 e. The summed E-state index contributed by atoms with van der Waals surface area (Å²) in [5.74, 6) is 1.74. The van der Waals surface area contributed by atoms with Gasteiger partial charge in [-0.15, -0.1) is 10.2 Å². The Morgan fingerprint density at radius 1 is 1.12 bits per heavy atom. The topological polar surface area (TPSA) is 87.6 Å². The maximum atomic E-state index is 11.3. The Labute approximate surface area is 142 Å². The molecular formula is C16H14N2O5S. The Balaban J connectivity index is 1.68. The van der Waals surface area contributed by atoms with E-state index in [-0.39, 0.29) is 5.76 Å². The zero-order chi connectivity index (χ0) is 16.9. The van der Waals surface area contributed by atoms with Gasteiger partial charge in [0.05, 0.1) is 25.5 Å². The maximum absolute atomic E-state index is 11.3. The van der Waals surface area contributed by atoms with Crippen molar-refractivity contribution in [2.24, 2.45) is 0 Å². The van der Waals surface area contributed by atoms with Crippen LogP contribution in [0.1, 0.15) is 16.3 Å². The van der Waals surface area contributed by atoms with Crippen molar-refractivity contribution in [1.82, 2.24) is 10.2 Å². The van der Waals surface area contributed by atoms with E-state index < -0.39 is 5.97 Å². The lowest BCUT2D eigenvalue weighted by molar-refractivity contribution is 0.0563. The molecule has 8 heteroatoms. The van der Waals surface area contributed by atoms with Crippen LogP contribution in [-0.4, -0.2) is 30.4 Å². The molecule has 0 saturated carbocycles. The van der Waals surface area contributed by atoms with E-state index in [9.17, 15) is 4.79 Å². The molecule has 0 aliphatic heterocycles. The van der Waals surface area contributed by atoms with Crippen molar-refractivity contribution in [2.75, 3.05) is 14.2 Å². The molecule has 0 saturated heterocycles. The minimum atomic E-state index is -0.512. The van der Waals surface area contributed by atoms with Crippen LogP contribution in [0.4, 0.5) is 0 Å². The smallest absolute Gasteiger partial charge is 0.373 e. The summed E-state index contributed by atoms with van der Waals surface area (Å²) in [6, 6.07) is 10.7. The van der Waals surface area contributed by atoms with Gasteiger partial charge in [0.2, 0.25) is 5.76 Å². The van der Waals surface area contributed by atoms with Crippen molar-refractivity contribution in [3.8, 4) is 17.2 Å². The molecule has 3 rings (SSSR count). The number of aromatic nitrogens is 2. The third-order valence-corrected chi connectivity index (χ3v) is 3.97. The lowest BCUT2D eigenvalue weighted by Crippen LogP contribution is -1.98. The molecule has 1 aromatic carbocycles. The van der Waals surface area contributed by atoms with Crippen LogP contribution in [0.15, 0.2) is 50.5 Å². The van der Waals surface area contributed by atoms with Crippen LogP contribution in [0.2, 0.25) is 0 Å². The second-order valence-electron chi connectivity index (χ2n) is 4.62. The molecule has 124 valence electrons. The summed E-state index contributed by atoms with van der Waals surface area (Å²) in [5.41, 5.74) is 0.727. The molecular weight excluding hydrogens is 332 g/mol. The fourth-order valence-corrected chi connectivity index (χ4v) is 2.65. The highest BCUT2D eigenvalue weighted by Gasteiger charge is 2.15. The normalized spacial score (nSPS) is 10.6. The summed E-state index contributed by atoms with van der Waals surface area (Å²) in [5, 5.41) is 8.43. The first-order valence-electron chi connectivity index (χ1n) is 6.98. The van der Waals surface area contributed by atoms with Crippen molar-refractivity contribution >= 4 is 17.7 Å². The highest BCUT2D eigenvalue weighted by atomic mass is 32.2. The number of furan rings is 1. The van der Waals surface area contributed by atoms with Crippen molar-refractivity contribution in [2.45, 2.75) is 11.0 Å². The number of para-hydroxylation sites is 1. The Morgan fingerprint density at radius 2 is 1.96 bits per heavy atom. The number of thioether (sulfide) groups is 1. The molecule has 2 heterocycles. The number of hydrogen-bond acceptors (Lipinski definition) is 8. The first kappa shape index (κ1) is 16.1. The molecule has 2 aromatic heterocycles. The summed E-state index contributed by atoms with van der Waals surface area (Å²) in [6.07, 6.45) is 0. The predicted octanol–water partition coefficient (Wildman–Crippen LogP) is 3.42. The van der Waals surface area contributed by atoms with Crippen molar-refractivity contribution in [1.29, 1.82) is 0 Å². The summed E-state index contributed by atoms with van der Waals surface area (Å²) in [4.78, 5) is 11.3. The molecule has 0 amide bonds. The quantitative estimate of drug-likeness (QED) is 0.495. The van der Waals surface area contributed by atoms with Crippen LogP contribution in [-0.2, 0) is 10.5 Å². The van der Waals surface area contributed by atoms with E-state index >= 15 is 0 Å². The molecule has 0 unspecified atom stereocenters. The Bertz CT molecular complexity index is 842. The lowest BCUT2D eigenvalue weighted by atomic mass is 10.2. The molecule has 0 radical (unpaired) electrons. The van der Waals surface area contributed by atoms with Gasteiger partial charge in [-0.1, -0.05) is 23.9 Å². The zero-order valence-electron chi connectivity index (χ0n) is 13.0. The Morgan fingerprint density at radius 3 is 2.75 bits per heavy atom. The van der Waals surface area contributed by atoms with Gasteiger partial charge in [-0.25, -0.2) is 4.79 Å². The number of ether oxygens (including phenoxy) is 2. The van der Waals surface area contributed by atoms with Gasteiger partial charge in [-0.3, -0.25) is 0 Å². The van der Waals surface area contributed by atoms with Gasteiger partial charge in [-0.2, -0.15) is 0 Å². The summed E-state index contributed by atoms with van der Waals surface area (Å²) in [7, 11) is 2.89. The van der Waals surface area contributed by atoms with E-state index in [1.54, 1.807) is 19.2 Å². The molecule has 0 atom stereocenters. The molecule has 0 spiro atoms. The minimum Gasteiger partial charge on any atom is -0.496 e. The first-order valence-corrected chi connectivity index (χ1v) is 7.96. The fourth-order valence-electron chi connectivity index (χ4n) is 2.00. The van der Waals surface area contributed by atoms with E-state index in [0.29, 0.717) is 28.4 Å². The molecule has 0 fully saturated rings. The van der Waals surface area contributed by atoms with E-state index in [1.807, 2.05) is 24.3 Å². The van der Waals surface area contributed by atoms with Gasteiger partial charge in [0.1, 0.15) is 11.5 Å². The molecule has 24 heavy (non-hydrogen) atoms. The predicted molar refractivity (Wildman–Crippen MR) is 85.9 cm³/mol. The summed E-state index contributed by atoms with van der Waals surface area (Å²) in [6.45, 7) is 0. The van der Waals surface area contributed by atoms with Crippen molar-refractivity contribution < 1.29 is 23.1 Å². The lowest BCUT2D eigenvalue weighted by Gasteiger charge is -2.03. The van der Waals surface area contributed by atoms with E-state index in [1.165, 1.54) is 18.9 Å². The Hall–Kier alpha value is -2.74. The van der Waals surface area contributed by atoms with Gasteiger partial charge in [0.25, 0.3) is 11.1 Å². The number of carbonyl (C=O) groups excluding carboxylic acids is 1. The third-order valence-electron chi connectivity index (χ3n) is 3.13. The van der Waals surface area contributed by atoms with Gasteiger partial charge >= 0.3 is 5.97 Å². The minimum absolute atomic E-state index is 0.161. The fraction of sp³-hybridized carbons (Fsp3) is 0.188. The number of carbonyl (C=O) groups is 1. The van der Waals surface area contributed by atoms with Gasteiger partial charge in [0.15, 0.2) is 0 Å². The van der Waals surface area contributed by atoms with Gasteiger partial charge in [-0.05, 0) is 24.3 Å². The van der Waals surface area contributed by atoms with Crippen molar-refractivity contribution in [3.63, 3.8) is 0 Å². The van der Waals surface area contributed by atoms with Crippen LogP contribution >= 0.6 is 11.8 Å². The second-order valence-corrected chi connectivity index (χ2v) is 5.55. The SMILES string of the molecule is COC(=O)c1ccc(CSc2nnc(-c3ccccc3OC)o2)o1. The summed E-state index contributed by atoms with van der Waals surface area (Å²) >= 11 is 1.31. The zero-order valence-corrected chi connectivity index (χ0v) is 13.8. The average molecular weight is 346 g/mol. The number of methoxy groups -OCH3 is 2. The second kappa shape index (κ2) is 7.22.